The van der Waals surface area contributed by atoms with Crippen molar-refractivity contribution in [3.05, 3.63) is 66.5 Å². The van der Waals surface area contributed by atoms with Gasteiger partial charge in [-0.3, -0.25) is 0 Å². The Kier molecular flexibility index (Phi) is 3.65. The molecule has 0 spiro atoms. The van der Waals surface area contributed by atoms with Crippen LogP contribution in [-0.4, -0.2) is 15.0 Å². The van der Waals surface area contributed by atoms with Crippen molar-refractivity contribution >= 4 is 15.9 Å². The molecule has 20 heavy (non-hydrogen) atoms. The van der Waals surface area contributed by atoms with E-state index in [4.69, 9.17) is 0 Å². The first kappa shape index (κ1) is 13.1. The van der Waals surface area contributed by atoms with E-state index in [1.807, 2.05) is 31.3 Å². The van der Waals surface area contributed by atoms with Crippen molar-refractivity contribution in [2.45, 2.75) is 11.8 Å². The molecule has 0 amide bonds. The number of hydrogen-bond acceptors (Lipinski definition) is 2. The molecule has 0 N–H and O–H groups in total. The van der Waals surface area contributed by atoms with Crippen LogP contribution >= 0.6 is 15.9 Å². The highest BCUT2D eigenvalue weighted by Crippen LogP contribution is 2.22. The van der Waals surface area contributed by atoms with Crippen LogP contribution in [0.5, 0.6) is 0 Å². The minimum atomic E-state index is 0.208. The van der Waals surface area contributed by atoms with E-state index in [1.165, 1.54) is 11.1 Å². The van der Waals surface area contributed by atoms with E-state index in [0.29, 0.717) is 0 Å². The lowest BCUT2D eigenvalue weighted by Crippen LogP contribution is -1.94. The van der Waals surface area contributed by atoms with Gasteiger partial charge in [-0.1, -0.05) is 63.6 Å². The summed E-state index contributed by atoms with van der Waals surface area (Å²) in [5, 5.41) is 8.29. The Morgan fingerprint density at radius 1 is 0.950 bits per heavy atom. The molecule has 0 aliphatic heterocycles. The first-order chi connectivity index (χ1) is 9.74. The molecule has 1 atom stereocenters. The molecule has 0 aliphatic rings. The van der Waals surface area contributed by atoms with Gasteiger partial charge in [0.05, 0.1) is 22.4 Å². The summed E-state index contributed by atoms with van der Waals surface area (Å²) in [5.41, 5.74) is 4.35. The highest BCUT2D eigenvalue weighted by atomic mass is 79.9. The topological polar surface area (TPSA) is 30.7 Å². The fourth-order valence-corrected chi connectivity index (χ4v) is 2.23. The molecule has 1 heterocycles. The largest absolute Gasteiger partial charge is 0.220 e. The zero-order valence-corrected chi connectivity index (χ0v) is 12.7. The van der Waals surface area contributed by atoms with Crippen molar-refractivity contribution < 1.29 is 0 Å². The van der Waals surface area contributed by atoms with Crippen LogP contribution in [0.15, 0.2) is 60.8 Å². The highest BCUT2D eigenvalue weighted by molar-refractivity contribution is 9.09. The maximum atomic E-state index is 4.15. The van der Waals surface area contributed by atoms with Gasteiger partial charge in [-0.05, 0) is 30.2 Å². The molecule has 3 rings (SSSR count). The summed E-state index contributed by atoms with van der Waals surface area (Å²) in [6.07, 6.45) is 1.94. The van der Waals surface area contributed by atoms with Crippen molar-refractivity contribution in [1.29, 1.82) is 0 Å². The molecule has 0 radical (unpaired) electrons. The summed E-state index contributed by atoms with van der Waals surface area (Å²) in [4.78, 5) is 0.208. The molecule has 0 bridgehead atoms. The number of rotatable bonds is 3. The number of benzene rings is 2. The Morgan fingerprint density at radius 2 is 1.60 bits per heavy atom. The molecule has 3 nitrogen and oxygen atoms in total. The molecular formula is C16H14BrN3. The van der Waals surface area contributed by atoms with Crippen LogP contribution < -0.4 is 0 Å². The number of alkyl halides is 1. The van der Waals surface area contributed by atoms with Crippen LogP contribution in [0.25, 0.3) is 16.8 Å². The zero-order valence-electron chi connectivity index (χ0n) is 11.1. The van der Waals surface area contributed by atoms with Gasteiger partial charge in [0.1, 0.15) is 0 Å². The Bertz CT molecular complexity index is 687. The van der Waals surface area contributed by atoms with Crippen LogP contribution in [0.3, 0.4) is 0 Å². The van der Waals surface area contributed by atoms with E-state index >= 15 is 0 Å². The molecule has 100 valence electrons. The van der Waals surface area contributed by atoms with E-state index in [9.17, 15) is 0 Å². The SMILES string of the molecule is CC(Br)c1cn(-c2ccc(-c3ccccc3)cc2)nn1. The van der Waals surface area contributed by atoms with Gasteiger partial charge in [0.15, 0.2) is 0 Å². The second kappa shape index (κ2) is 5.59. The number of hydrogen-bond donors (Lipinski definition) is 0. The smallest absolute Gasteiger partial charge is 0.0965 e. The van der Waals surface area contributed by atoms with Gasteiger partial charge < -0.3 is 0 Å². The fourth-order valence-electron chi connectivity index (χ4n) is 2.02. The van der Waals surface area contributed by atoms with Crippen molar-refractivity contribution in [2.75, 3.05) is 0 Å². The number of aromatic nitrogens is 3. The molecule has 2 aromatic carbocycles. The minimum Gasteiger partial charge on any atom is -0.220 e. The molecule has 3 aromatic rings. The highest BCUT2D eigenvalue weighted by Gasteiger charge is 2.07. The summed E-state index contributed by atoms with van der Waals surface area (Å²) >= 11 is 3.49. The predicted molar refractivity (Wildman–Crippen MR) is 84.1 cm³/mol. The van der Waals surface area contributed by atoms with Gasteiger partial charge in [0, 0.05) is 0 Å². The zero-order chi connectivity index (χ0) is 13.9. The molecule has 4 heteroatoms. The second-order valence-electron chi connectivity index (χ2n) is 4.62. The molecule has 1 unspecified atom stereocenters. The maximum Gasteiger partial charge on any atom is 0.0965 e. The van der Waals surface area contributed by atoms with Crippen LogP contribution in [-0.2, 0) is 0 Å². The first-order valence-electron chi connectivity index (χ1n) is 6.46. The van der Waals surface area contributed by atoms with E-state index in [-0.39, 0.29) is 4.83 Å². The molecule has 0 saturated heterocycles. The van der Waals surface area contributed by atoms with Crippen molar-refractivity contribution in [1.82, 2.24) is 15.0 Å². The quantitative estimate of drug-likeness (QED) is 0.668. The van der Waals surface area contributed by atoms with Crippen LogP contribution in [0.2, 0.25) is 0 Å². The molecule has 0 saturated carbocycles. The predicted octanol–water partition coefficient (Wildman–Crippen LogP) is 4.39. The Hall–Kier alpha value is -1.94. The Morgan fingerprint density at radius 3 is 2.20 bits per heavy atom. The summed E-state index contributed by atoms with van der Waals surface area (Å²) in [5.74, 6) is 0. The molecular weight excluding hydrogens is 314 g/mol. The van der Waals surface area contributed by atoms with Gasteiger partial charge in [-0.25, -0.2) is 4.68 Å². The van der Waals surface area contributed by atoms with E-state index < -0.39 is 0 Å². The van der Waals surface area contributed by atoms with E-state index in [2.05, 4.69) is 62.6 Å². The van der Waals surface area contributed by atoms with Gasteiger partial charge in [0.25, 0.3) is 0 Å². The van der Waals surface area contributed by atoms with Crippen molar-refractivity contribution in [3.8, 4) is 16.8 Å². The molecule has 1 aromatic heterocycles. The van der Waals surface area contributed by atoms with Crippen LogP contribution in [0, 0.1) is 0 Å². The van der Waals surface area contributed by atoms with Gasteiger partial charge in [-0.15, -0.1) is 5.10 Å². The fraction of sp³-hybridized carbons (Fsp3) is 0.125. The number of nitrogens with zero attached hydrogens (tertiary/aromatic N) is 3. The third kappa shape index (κ3) is 2.65. The third-order valence-corrected chi connectivity index (χ3v) is 3.63. The summed E-state index contributed by atoms with van der Waals surface area (Å²) < 4.78 is 1.79. The van der Waals surface area contributed by atoms with E-state index in [1.54, 1.807) is 4.68 Å². The number of halogens is 1. The minimum absolute atomic E-state index is 0.208. The summed E-state index contributed by atoms with van der Waals surface area (Å²) in [6, 6.07) is 18.6. The lowest BCUT2D eigenvalue weighted by molar-refractivity contribution is 0.797. The van der Waals surface area contributed by atoms with Crippen molar-refractivity contribution in [2.24, 2.45) is 0 Å². The summed E-state index contributed by atoms with van der Waals surface area (Å²) in [7, 11) is 0. The molecule has 0 fully saturated rings. The van der Waals surface area contributed by atoms with E-state index in [0.717, 1.165) is 11.4 Å². The van der Waals surface area contributed by atoms with Gasteiger partial charge >= 0.3 is 0 Å². The lowest BCUT2D eigenvalue weighted by Gasteiger charge is -2.04. The van der Waals surface area contributed by atoms with Crippen LogP contribution in [0.1, 0.15) is 17.4 Å². The normalized spacial score (nSPS) is 12.3. The van der Waals surface area contributed by atoms with Crippen LogP contribution in [0.4, 0.5) is 0 Å². The standard InChI is InChI=1S/C16H14BrN3/c1-12(17)16-11-20(19-18-16)15-9-7-14(8-10-15)13-5-3-2-4-6-13/h2-12H,1H3. The second-order valence-corrected chi connectivity index (χ2v) is 5.99. The maximum absolute atomic E-state index is 4.15. The Labute approximate surface area is 126 Å². The molecule has 0 aliphatic carbocycles. The first-order valence-corrected chi connectivity index (χ1v) is 7.38. The lowest BCUT2D eigenvalue weighted by atomic mass is 10.1. The van der Waals surface area contributed by atoms with Gasteiger partial charge in [0.2, 0.25) is 0 Å². The monoisotopic (exact) mass is 327 g/mol. The van der Waals surface area contributed by atoms with Crippen molar-refractivity contribution in [3.63, 3.8) is 0 Å². The van der Waals surface area contributed by atoms with Gasteiger partial charge in [-0.2, -0.15) is 0 Å². The summed E-state index contributed by atoms with van der Waals surface area (Å²) in [6.45, 7) is 2.03. The third-order valence-electron chi connectivity index (χ3n) is 3.16. The Balaban J connectivity index is 1.89. The average Bonchev–Trinajstić information content (AvgIpc) is 2.98. The average molecular weight is 328 g/mol.